The fraction of sp³-hybridized carbons (Fsp3) is 0.308. The summed E-state index contributed by atoms with van der Waals surface area (Å²) in [6.07, 6.45) is 3.90. The van der Waals surface area contributed by atoms with Crippen molar-refractivity contribution in [3.05, 3.63) is 83.5 Å². The molecule has 1 amide bonds. The minimum atomic E-state index is -0.199. The van der Waals surface area contributed by atoms with E-state index in [0.29, 0.717) is 24.2 Å². The van der Waals surface area contributed by atoms with Crippen molar-refractivity contribution in [3.63, 3.8) is 0 Å². The number of benzene rings is 2. The van der Waals surface area contributed by atoms with Gasteiger partial charge in [-0.1, -0.05) is 45.1 Å². The van der Waals surface area contributed by atoms with E-state index in [1.807, 2.05) is 36.1 Å². The third-order valence-corrected chi connectivity index (χ3v) is 6.21. The lowest BCUT2D eigenvalue weighted by atomic mass is 9.87. The molecule has 2 aromatic heterocycles. The molecule has 1 unspecified atom stereocenters. The van der Waals surface area contributed by atoms with Gasteiger partial charge in [-0.05, 0) is 54.2 Å². The van der Waals surface area contributed by atoms with Crippen LogP contribution >= 0.6 is 0 Å². The molecule has 4 aromatic rings. The molecule has 3 heterocycles. The third-order valence-electron chi connectivity index (χ3n) is 6.21. The Kier molecular flexibility index (Phi) is 4.92. The Morgan fingerprint density at radius 1 is 1.12 bits per heavy atom. The molecule has 33 heavy (non-hydrogen) atoms. The lowest BCUT2D eigenvalue weighted by Gasteiger charge is -2.24. The molecule has 0 saturated carbocycles. The Morgan fingerprint density at radius 2 is 1.88 bits per heavy atom. The van der Waals surface area contributed by atoms with Crippen LogP contribution in [0.15, 0.2) is 60.9 Å². The van der Waals surface area contributed by atoms with Gasteiger partial charge in [-0.3, -0.25) is 4.79 Å². The first-order valence-corrected chi connectivity index (χ1v) is 11.2. The molecule has 0 radical (unpaired) electrons. The molecule has 1 aliphatic rings. The third kappa shape index (κ3) is 3.84. The Hall–Kier alpha value is -3.74. The van der Waals surface area contributed by atoms with E-state index in [-0.39, 0.29) is 17.4 Å². The molecule has 0 spiro atoms. The van der Waals surface area contributed by atoms with Crippen molar-refractivity contribution < 1.29 is 4.79 Å². The van der Waals surface area contributed by atoms with Gasteiger partial charge < -0.3 is 9.88 Å². The van der Waals surface area contributed by atoms with Crippen LogP contribution in [0.1, 0.15) is 60.5 Å². The summed E-state index contributed by atoms with van der Waals surface area (Å²) in [6.45, 7) is 13.2. The lowest BCUT2D eigenvalue weighted by molar-refractivity contribution is 0.0732. The fourth-order valence-corrected chi connectivity index (χ4v) is 4.39. The molecule has 1 N–H and O–H groups in total. The second-order valence-electron chi connectivity index (χ2n) is 9.85. The van der Waals surface area contributed by atoms with Crippen molar-refractivity contribution in [2.75, 3.05) is 6.54 Å². The number of amides is 1. The highest BCUT2D eigenvalue weighted by atomic mass is 16.2. The van der Waals surface area contributed by atoms with Gasteiger partial charge in [0.15, 0.2) is 0 Å². The summed E-state index contributed by atoms with van der Waals surface area (Å²) in [5, 5.41) is 8.49. The zero-order chi connectivity index (χ0) is 23.3. The number of fused-ring (bicyclic) bond motifs is 1. The Balaban J connectivity index is 1.53. The summed E-state index contributed by atoms with van der Waals surface area (Å²) in [6, 6.07) is 11.9. The van der Waals surface area contributed by atoms with Crippen molar-refractivity contribution in [3.8, 4) is 5.69 Å². The molecular formula is C26H28N6O. The molecule has 2 aromatic carbocycles. The van der Waals surface area contributed by atoms with E-state index in [1.54, 1.807) is 12.4 Å². The van der Waals surface area contributed by atoms with E-state index >= 15 is 0 Å². The summed E-state index contributed by atoms with van der Waals surface area (Å²) in [7, 11) is 0. The molecule has 5 rings (SSSR count). The highest BCUT2D eigenvalue weighted by Crippen LogP contribution is 2.36. The Morgan fingerprint density at radius 3 is 2.61 bits per heavy atom. The maximum absolute atomic E-state index is 13.8. The van der Waals surface area contributed by atoms with Crippen LogP contribution in [0, 0.1) is 6.92 Å². The Labute approximate surface area is 193 Å². The number of hydrogen-bond acceptors (Lipinski definition) is 4. The van der Waals surface area contributed by atoms with Gasteiger partial charge >= 0.3 is 0 Å². The highest BCUT2D eigenvalue weighted by Gasteiger charge is 2.36. The van der Waals surface area contributed by atoms with E-state index in [1.165, 1.54) is 10.4 Å². The smallest absolute Gasteiger partial charge is 0.257 e. The van der Waals surface area contributed by atoms with E-state index in [0.717, 1.165) is 28.0 Å². The van der Waals surface area contributed by atoms with Crippen molar-refractivity contribution in [1.82, 2.24) is 29.9 Å². The first-order valence-electron chi connectivity index (χ1n) is 11.2. The molecular weight excluding hydrogens is 412 g/mol. The zero-order valence-corrected chi connectivity index (χ0v) is 19.5. The van der Waals surface area contributed by atoms with Gasteiger partial charge in [-0.25, -0.2) is 4.98 Å². The quantitative estimate of drug-likeness (QED) is 0.460. The molecule has 0 bridgehead atoms. The van der Waals surface area contributed by atoms with Crippen LogP contribution in [0.2, 0.25) is 0 Å². The SMILES string of the molecule is C=C1CC(c2nc3ccc(C(C)(C)C)cc3[nH]2)N(C(=O)c2ccc(C)cc2-n2nccn2)C1. The van der Waals surface area contributed by atoms with E-state index in [2.05, 4.69) is 54.7 Å². The number of likely N-dealkylation sites (tertiary alicyclic amines) is 1. The molecule has 7 heteroatoms. The number of nitrogens with zero attached hydrogens (tertiary/aromatic N) is 5. The topological polar surface area (TPSA) is 79.7 Å². The number of carbonyl (C=O) groups is 1. The van der Waals surface area contributed by atoms with Crippen LogP contribution in [0.4, 0.5) is 0 Å². The molecule has 1 aliphatic heterocycles. The van der Waals surface area contributed by atoms with E-state index < -0.39 is 0 Å². The van der Waals surface area contributed by atoms with Gasteiger partial charge in [0.2, 0.25) is 0 Å². The number of aromatic amines is 1. The van der Waals surface area contributed by atoms with Gasteiger partial charge in [-0.2, -0.15) is 15.0 Å². The molecule has 168 valence electrons. The van der Waals surface area contributed by atoms with Gasteiger partial charge in [0.25, 0.3) is 5.91 Å². The minimum absolute atomic E-state index is 0.0471. The van der Waals surface area contributed by atoms with Crippen LogP contribution in [0.3, 0.4) is 0 Å². The van der Waals surface area contributed by atoms with Crippen molar-refractivity contribution in [2.45, 2.75) is 45.6 Å². The van der Waals surface area contributed by atoms with E-state index in [9.17, 15) is 4.79 Å². The predicted octanol–water partition coefficient (Wildman–Crippen LogP) is 4.89. The standard InChI is InChI=1S/C26H28N6O/c1-16-6-8-19(22(12-16)32-27-10-11-28-32)25(33)31-15-17(2)13-23(31)24-29-20-9-7-18(26(3,4)5)14-21(20)30-24/h6-12,14,23H,2,13,15H2,1,3-5H3,(H,29,30). The first-order chi connectivity index (χ1) is 15.7. The molecule has 1 saturated heterocycles. The predicted molar refractivity (Wildman–Crippen MR) is 128 cm³/mol. The number of aryl methyl sites for hydroxylation is 1. The highest BCUT2D eigenvalue weighted by molar-refractivity contribution is 5.98. The van der Waals surface area contributed by atoms with Crippen LogP contribution in [0.5, 0.6) is 0 Å². The normalized spacial score (nSPS) is 16.7. The number of nitrogens with one attached hydrogen (secondary N) is 1. The summed E-state index contributed by atoms with van der Waals surface area (Å²) in [5.74, 6) is 0.704. The molecule has 0 aliphatic carbocycles. The van der Waals surface area contributed by atoms with E-state index in [4.69, 9.17) is 4.98 Å². The number of rotatable bonds is 3. The maximum Gasteiger partial charge on any atom is 0.257 e. The minimum Gasteiger partial charge on any atom is -0.340 e. The summed E-state index contributed by atoms with van der Waals surface area (Å²) in [5.41, 5.74) is 6.45. The van der Waals surface area contributed by atoms with Crippen LogP contribution in [-0.2, 0) is 5.41 Å². The van der Waals surface area contributed by atoms with Crippen molar-refractivity contribution >= 4 is 16.9 Å². The van der Waals surface area contributed by atoms with Gasteiger partial charge in [0, 0.05) is 6.54 Å². The second-order valence-corrected chi connectivity index (χ2v) is 9.85. The second kappa shape index (κ2) is 7.69. The zero-order valence-electron chi connectivity index (χ0n) is 19.5. The number of hydrogen-bond donors (Lipinski definition) is 1. The first kappa shape index (κ1) is 21.1. The van der Waals surface area contributed by atoms with Gasteiger partial charge in [-0.15, -0.1) is 0 Å². The van der Waals surface area contributed by atoms with Crippen LogP contribution in [0.25, 0.3) is 16.7 Å². The summed E-state index contributed by atoms with van der Waals surface area (Å²) >= 11 is 0. The fourth-order valence-electron chi connectivity index (χ4n) is 4.39. The number of aromatic nitrogens is 5. The number of imidazole rings is 1. The van der Waals surface area contributed by atoms with Crippen LogP contribution in [-0.4, -0.2) is 42.3 Å². The Bertz CT molecular complexity index is 1360. The number of carbonyl (C=O) groups excluding carboxylic acids is 1. The van der Waals surface area contributed by atoms with Crippen molar-refractivity contribution in [1.29, 1.82) is 0 Å². The van der Waals surface area contributed by atoms with Gasteiger partial charge in [0.05, 0.1) is 40.7 Å². The lowest BCUT2D eigenvalue weighted by Crippen LogP contribution is -2.32. The maximum atomic E-state index is 13.8. The summed E-state index contributed by atoms with van der Waals surface area (Å²) < 4.78 is 0. The summed E-state index contributed by atoms with van der Waals surface area (Å²) in [4.78, 5) is 25.5. The molecule has 1 atom stereocenters. The van der Waals surface area contributed by atoms with Gasteiger partial charge in [0.1, 0.15) is 5.82 Å². The molecule has 7 nitrogen and oxygen atoms in total. The monoisotopic (exact) mass is 440 g/mol. The van der Waals surface area contributed by atoms with Crippen LogP contribution < -0.4 is 0 Å². The average Bonchev–Trinajstić information content (AvgIpc) is 3.51. The van der Waals surface area contributed by atoms with Crippen molar-refractivity contribution in [2.24, 2.45) is 0 Å². The average molecular weight is 441 g/mol. The number of H-pyrrole nitrogens is 1. The largest absolute Gasteiger partial charge is 0.340 e. The molecule has 1 fully saturated rings.